The molecule has 20 heavy (non-hydrogen) atoms. The molecule has 0 atom stereocenters. The van der Waals surface area contributed by atoms with E-state index in [9.17, 15) is 4.79 Å². The minimum Gasteiger partial charge on any atom is -0.493 e. The highest BCUT2D eigenvalue weighted by molar-refractivity contribution is 5.75. The van der Waals surface area contributed by atoms with E-state index in [1.807, 2.05) is 33.8 Å². The largest absolute Gasteiger partial charge is 0.493 e. The molecule has 0 aliphatic carbocycles. The van der Waals surface area contributed by atoms with Crippen LogP contribution in [0.15, 0.2) is 18.2 Å². The molecule has 0 fully saturated rings. The van der Waals surface area contributed by atoms with Crippen molar-refractivity contribution in [1.82, 2.24) is 0 Å². The van der Waals surface area contributed by atoms with Crippen LogP contribution < -0.4 is 4.74 Å². The van der Waals surface area contributed by atoms with Gasteiger partial charge in [-0.25, -0.2) is 0 Å². The molecule has 0 amide bonds. The predicted octanol–water partition coefficient (Wildman–Crippen LogP) is 4.05. The zero-order chi connectivity index (χ0) is 15.2. The summed E-state index contributed by atoms with van der Waals surface area (Å²) in [6, 6.07) is 6.19. The molecule has 0 aliphatic rings. The Balaban J connectivity index is 2.41. The molecule has 0 aromatic heterocycles. The molecule has 0 bridgehead atoms. The fraction of sp³-hybridized carbons (Fsp3) is 0.588. The van der Waals surface area contributed by atoms with Crippen LogP contribution in [0.1, 0.15) is 44.7 Å². The number of hydrogen-bond donors (Lipinski definition) is 0. The number of esters is 1. The molecule has 0 radical (unpaired) electrons. The lowest BCUT2D eigenvalue weighted by molar-refractivity contribution is -0.153. The fourth-order valence-electron chi connectivity index (χ4n) is 1.99. The Morgan fingerprint density at radius 2 is 1.95 bits per heavy atom. The van der Waals surface area contributed by atoms with E-state index in [4.69, 9.17) is 9.47 Å². The van der Waals surface area contributed by atoms with Crippen molar-refractivity contribution in [3.63, 3.8) is 0 Å². The first-order valence-corrected chi connectivity index (χ1v) is 7.24. The van der Waals surface area contributed by atoms with Crippen LogP contribution in [-0.4, -0.2) is 19.2 Å². The lowest BCUT2D eigenvalue weighted by Gasteiger charge is -2.22. The molecule has 3 nitrogen and oxygen atoms in total. The van der Waals surface area contributed by atoms with Crippen molar-refractivity contribution in [3.8, 4) is 5.75 Å². The quantitative estimate of drug-likeness (QED) is 0.557. The highest BCUT2D eigenvalue weighted by atomic mass is 16.5. The number of benzene rings is 1. The van der Waals surface area contributed by atoms with Crippen molar-refractivity contribution < 1.29 is 14.3 Å². The van der Waals surface area contributed by atoms with Gasteiger partial charge in [-0.1, -0.05) is 12.1 Å². The average Bonchev–Trinajstić information content (AvgIpc) is 2.39. The Hall–Kier alpha value is -1.51. The monoisotopic (exact) mass is 278 g/mol. The number of aryl methyl sites for hydroxylation is 2. The molecule has 0 spiro atoms. The third kappa shape index (κ3) is 4.87. The molecule has 3 heteroatoms. The molecule has 0 unspecified atom stereocenters. The van der Waals surface area contributed by atoms with Crippen LogP contribution in [0.25, 0.3) is 0 Å². The topological polar surface area (TPSA) is 35.5 Å². The maximum atomic E-state index is 11.8. The number of carbonyl (C=O) groups excluding carboxylic acids is 1. The molecule has 0 saturated heterocycles. The highest BCUT2D eigenvalue weighted by Crippen LogP contribution is 2.25. The second-order valence-electron chi connectivity index (χ2n) is 5.83. The van der Waals surface area contributed by atoms with Crippen molar-refractivity contribution in [2.24, 2.45) is 5.41 Å². The predicted molar refractivity (Wildman–Crippen MR) is 81.1 cm³/mol. The summed E-state index contributed by atoms with van der Waals surface area (Å²) in [5.41, 5.74) is 1.89. The highest BCUT2D eigenvalue weighted by Gasteiger charge is 2.28. The zero-order valence-corrected chi connectivity index (χ0v) is 13.3. The van der Waals surface area contributed by atoms with Gasteiger partial charge in [-0.2, -0.15) is 0 Å². The minimum absolute atomic E-state index is 0.133. The van der Waals surface area contributed by atoms with Crippen molar-refractivity contribution >= 4 is 5.97 Å². The van der Waals surface area contributed by atoms with Crippen molar-refractivity contribution in [3.05, 3.63) is 29.3 Å². The lowest BCUT2D eigenvalue weighted by atomic mass is 9.88. The van der Waals surface area contributed by atoms with E-state index in [1.165, 1.54) is 5.56 Å². The number of carbonyl (C=O) groups is 1. The van der Waals surface area contributed by atoms with Crippen LogP contribution in [0.2, 0.25) is 0 Å². The van der Waals surface area contributed by atoms with Gasteiger partial charge in [0.2, 0.25) is 0 Å². The van der Waals surface area contributed by atoms with E-state index in [0.29, 0.717) is 13.2 Å². The molecule has 1 aromatic carbocycles. The molecular weight excluding hydrogens is 252 g/mol. The van der Waals surface area contributed by atoms with Crippen LogP contribution in [-0.2, 0) is 9.53 Å². The van der Waals surface area contributed by atoms with Crippen LogP contribution >= 0.6 is 0 Å². The summed E-state index contributed by atoms with van der Waals surface area (Å²) in [5, 5.41) is 0. The van der Waals surface area contributed by atoms with Gasteiger partial charge in [-0.15, -0.1) is 0 Å². The molecule has 0 N–H and O–H groups in total. The summed E-state index contributed by atoms with van der Waals surface area (Å²) in [5.74, 6) is 0.797. The third-order valence-corrected chi connectivity index (χ3v) is 3.38. The summed E-state index contributed by atoms with van der Waals surface area (Å²) >= 11 is 0. The van der Waals surface area contributed by atoms with Crippen LogP contribution in [0.5, 0.6) is 5.75 Å². The maximum absolute atomic E-state index is 11.8. The lowest BCUT2D eigenvalue weighted by Crippen LogP contribution is -2.27. The number of rotatable bonds is 7. The van der Waals surface area contributed by atoms with E-state index in [0.717, 1.165) is 24.2 Å². The first kappa shape index (κ1) is 16.5. The van der Waals surface area contributed by atoms with E-state index in [1.54, 1.807) is 0 Å². The Morgan fingerprint density at radius 3 is 2.60 bits per heavy atom. The normalized spacial score (nSPS) is 11.2. The third-order valence-electron chi connectivity index (χ3n) is 3.38. The Kier molecular flexibility index (Phi) is 6.05. The zero-order valence-electron chi connectivity index (χ0n) is 13.3. The van der Waals surface area contributed by atoms with E-state index in [-0.39, 0.29) is 5.97 Å². The van der Waals surface area contributed by atoms with Gasteiger partial charge in [-0.05, 0) is 64.7 Å². The molecular formula is C17H26O3. The summed E-state index contributed by atoms with van der Waals surface area (Å²) in [7, 11) is 0. The van der Waals surface area contributed by atoms with E-state index >= 15 is 0 Å². The average molecular weight is 278 g/mol. The smallest absolute Gasteiger partial charge is 0.311 e. The van der Waals surface area contributed by atoms with Crippen LogP contribution in [0, 0.1) is 19.3 Å². The van der Waals surface area contributed by atoms with Crippen LogP contribution in [0.4, 0.5) is 0 Å². The summed E-state index contributed by atoms with van der Waals surface area (Å²) in [6.45, 7) is 10.8. The molecule has 1 aromatic rings. The van der Waals surface area contributed by atoms with Crippen molar-refractivity contribution in [2.45, 2.75) is 47.5 Å². The van der Waals surface area contributed by atoms with Crippen molar-refractivity contribution in [2.75, 3.05) is 13.2 Å². The van der Waals surface area contributed by atoms with E-state index < -0.39 is 5.41 Å². The molecule has 0 saturated carbocycles. The molecule has 1 rings (SSSR count). The minimum atomic E-state index is -0.443. The van der Waals surface area contributed by atoms with Gasteiger partial charge in [0.25, 0.3) is 0 Å². The van der Waals surface area contributed by atoms with Crippen LogP contribution in [0.3, 0.4) is 0 Å². The number of ether oxygens (including phenoxy) is 2. The van der Waals surface area contributed by atoms with Gasteiger partial charge in [0.15, 0.2) is 0 Å². The maximum Gasteiger partial charge on any atom is 0.311 e. The van der Waals surface area contributed by atoms with Crippen molar-refractivity contribution in [1.29, 1.82) is 0 Å². The van der Waals surface area contributed by atoms with Gasteiger partial charge >= 0.3 is 5.97 Å². The summed E-state index contributed by atoms with van der Waals surface area (Å²) in [4.78, 5) is 11.8. The standard InChI is InChI=1S/C17H26O3/c1-6-19-16(18)17(4,5)10-7-11-20-15-12-13(2)8-9-14(15)3/h8-9,12H,6-7,10-11H2,1-5H3. The molecule has 0 heterocycles. The first-order chi connectivity index (χ1) is 9.36. The summed E-state index contributed by atoms with van der Waals surface area (Å²) < 4.78 is 10.9. The van der Waals surface area contributed by atoms with Gasteiger partial charge in [0.05, 0.1) is 18.6 Å². The Morgan fingerprint density at radius 1 is 1.25 bits per heavy atom. The Labute approximate surface area is 122 Å². The van der Waals surface area contributed by atoms with Gasteiger partial charge in [-0.3, -0.25) is 4.79 Å². The van der Waals surface area contributed by atoms with Gasteiger partial charge < -0.3 is 9.47 Å². The van der Waals surface area contributed by atoms with Gasteiger partial charge in [0, 0.05) is 0 Å². The van der Waals surface area contributed by atoms with Gasteiger partial charge in [0.1, 0.15) is 5.75 Å². The second-order valence-corrected chi connectivity index (χ2v) is 5.83. The molecule has 112 valence electrons. The first-order valence-electron chi connectivity index (χ1n) is 7.24. The fourth-order valence-corrected chi connectivity index (χ4v) is 1.99. The summed E-state index contributed by atoms with van der Waals surface area (Å²) in [6.07, 6.45) is 1.59. The second kappa shape index (κ2) is 7.32. The number of hydrogen-bond acceptors (Lipinski definition) is 3. The van der Waals surface area contributed by atoms with E-state index in [2.05, 4.69) is 19.1 Å². The molecule has 0 aliphatic heterocycles. The SMILES string of the molecule is CCOC(=O)C(C)(C)CCCOc1cc(C)ccc1C. The Bertz CT molecular complexity index is 450.